The molecule has 3 rings (SSSR count). The van der Waals surface area contributed by atoms with Crippen LogP contribution in [0.4, 0.5) is 0 Å². The first-order valence-electron chi connectivity index (χ1n) is 7.09. The number of benzene rings is 1. The molecule has 0 aromatic heterocycles. The molecule has 0 amide bonds. The van der Waals surface area contributed by atoms with Gasteiger partial charge in [-0.1, -0.05) is 36.5 Å². The standard InChI is InChI=1S/C18H18N2S/c1-12-7-4-5-8-15(12)17(21)11-20-10-6-9-16-13(2)14(3)19-18(16)20/h4-10H,11H2,1-3H3. The third-order valence-electron chi connectivity index (χ3n) is 4.02. The highest BCUT2D eigenvalue weighted by atomic mass is 32.1. The van der Waals surface area contributed by atoms with Crippen LogP contribution >= 0.6 is 12.2 Å². The summed E-state index contributed by atoms with van der Waals surface area (Å²) in [5.74, 6) is 1.02. The van der Waals surface area contributed by atoms with Gasteiger partial charge in [0, 0.05) is 22.3 Å². The summed E-state index contributed by atoms with van der Waals surface area (Å²) in [7, 11) is 0. The molecule has 2 aliphatic rings. The molecule has 0 radical (unpaired) electrons. The first-order valence-corrected chi connectivity index (χ1v) is 7.49. The summed E-state index contributed by atoms with van der Waals surface area (Å²) in [5.41, 5.74) is 5.92. The number of aryl methyl sites for hydroxylation is 2. The van der Waals surface area contributed by atoms with E-state index in [1.165, 1.54) is 16.7 Å². The van der Waals surface area contributed by atoms with Crippen molar-refractivity contribution in [1.29, 1.82) is 0 Å². The van der Waals surface area contributed by atoms with Crippen LogP contribution in [0.3, 0.4) is 0 Å². The monoisotopic (exact) mass is 294 g/mol. The molecule has 0 saturated carbocycles. The maximum Gasteiger partial charge on any atom is 0.140 e. The quantitative estimate of drug-likeness (QED) is 0.528. The van der Waals surface area contributed by atoms with Crippen LogP contribution in [-0.4, -0.2) is 14.4 Å². The van der Waals surface area contributed by atoms with Gasteiger partial charge in [-0.3, -0.25) is 0 Å². The zero-order valence-corrected chi connectivity index (χ0v) is 13.4. The van der Waals surface area contributed by atoms with Crippen LogP contribution in [0.1, 0.15) is 22.4 Å². The van der Waals surface area contributed by atoms with E-state index in [-0.39, 0.29) is 0 Å². The molecule has 2 aliphatic heterocycles. The van der Waals surface area contributed by atoms with Gasteiger partial charge < -0.3 is 4.57 Å². The second-order valence-electron chi connectivity index (χ2n) is 5.43. The fraction of sp³-hybridized carbons (Fsp3) is 0.222. The highest BCUT2D eigenvalue weighted by Crippen LogP contribution is 2.27. The van der Waals surface area contributed by atoms with Gasteiger partial charge in [0.2, 0.25) is 0 Å². The second kappa shape index (κ2) is 5.41. The van der Waals surface area contributed by atoms with E-state index in [0.29, 0.717) is 6.54 Å². The normalized spacial score (nSPS) is 11.0. The second-order valence-corrected chi connectivity index (χ2v) is 5.93. The van der Waals surface area contributed by atoms with Gasteiger partial charge in [0.05, 0.1) is 6.54 Å². The number of thiocarbonyl (C=S) groups is 1. The average molecular weight is 294 g/mol. The minimum Gasteiger partial charge on any atom is -0.327 e. The average Bonchev–Trinajstić information content (AvgIpc) is 2.76. The number of hydrogen-bond donors (Lipinski definition) is 0. The van der Waals surface area contributed by atoms with Gasteiger partial charge in [-0.05, 0) is 49.6 Å². The molecular formula is C18H18N2S. The van der Waals surface area contributed by atoms with E-state index in [0.717, 1.165) is 21.9 Å². The van der Waals surface area contributed by atoms with E-state index >= 15 is 0 Å². The van der Waals surface area contributed by atoms with Crippen LogP contribution in [0.15, 0.2) is 42.6 Å². The molecule has 0 aliphatic carbocycles. The lowest BCUT2D eigenvalue weighted by molar-refractivity contribution is 0.839. The number of rotatable bonds is 3. The van der Waals surface area contributed by atoms with E-state index < -0.39 is 0 Å². The third-order valence-corrected chi connectivity index (χ3v) is 4.37. The molecule has 1 aromatic rings. The predicted octanol–water partition coefficient (Wildman–Crippen LogP) is 4.33. The first-order chi connectivity index (χ1) is 10.1. The fourth-order valence-corrected chi connectivity index (χ4v) is 3.02. The Morgan fingerprint density at radius 2 is 1.86 bits per heavy atom. The van der Waals surface area contributed by atoms with Crippen molar-refractivity contribution in [3.63, 3.8) is 0 Å². The molecule has 3 heteroatoms. The number of aromatic nitrogens is 2. The molecule has 21 heavy (non-hydrogen) atoms. The van der Waals surface area contributed by atoms with Crippen molar-refractivity contribution in [3.05, 3.63) is 65.0 Å². The van der Waals surface area contributed by atoms with Crippen molar-refractivity contribution < 1.29 is 0 Å². The Balaban J connectivity index is 1.97. The SMILES string of the molecule is Cc1ccccc1C(=S)Cn1cccc2c(C)c(C)nc1-2. The molecule has 0 saturated heterocycles. The molecule has 1 aromatic carbocycles. The van der Waals surface area contributed by atoms with Gasteiger partial charge in [0.25, 0.3) is 0 Å². The first kappa shape index (κ1) is 14.0. The van der Waals surface area contributed by atoms with Gasteiger partial charge in [0.15, 0.2) is 0 Å². The lowest BCUT2D eigenvalue weighted by atomic mass is 10.1. The molecule has 2 heterocycles. The zero-order valence-electron chi connectivity index (χ0n) is 12.6. The third kappa shape index (κ3) is 2.49. The number of fused-ring (bicyclic) bond motifs is 1. The Kier molecular flexibility index (Phi) is 3.60. The molecule has 0 spiro atoms. The highest BCUT2D eigenvalue weighted by molar-refractivity contribution is 7.80. The van der Waals surface area contributed by atoms with E-state index in [1.54, 1.807) is 0 Å². The van der Waals surface area contributed by atoms with Gasteiger partial charge in [0.1, 0.15) is 5.82 Å². The summed E-state index contributed by atoms with van der Waals surface area (Å²) >= 11 is 5.64. The Hall–Kier alpha value is -2.00. The van der Waals surface area contributed by atoms with Crippen molar-refractivity contribution in [2.75, 3.05) is 0 Å². The van der Waals surface area contributed by atoms with Crippen molar-refractivity contribution in [2.24, 2.45) is 0 Å². The Bertz CT molecular complexity index is 786. The minimum absolute atomic E-state index is 0.688. The summed E-state index contributed by atoms with van der Waals surface area (Å²) in [6.45, 7) is 6.96. The van der Waals surface area contributed by atoms with Crippen molar-refractivity contribution in [1.82, 2.24) is 9.55 Å². The van der Waals surface area contributed by atoms with Crippen molar-refractivity contribution in [3.8, 4) is 11.4 Å². The molecule has 0 fully saturated rings. The lowest BCUT2D eigenvalue weighted by Gasteiger charge is -2.14. The summed E-state index contributed by atoms with van der Waals surface area (Å²) in [4.78, 5) is 5.63. The van der Waals surface area contributed by atoms with Crippen LogP contribution in [-0.2, 0) is 6.54 Å². The molecule has 0 N–H and O–H groups in total. The zero-order chi connectivity index (χ0) is 15.0. The Morgan fingerprint density at radius 1 is 1.10 bits per heavy atom. The number of pyridine rings is 1. The molecule has 106 valence electrons. The molecule has 0 bridgehead atoms. The Morgan fingerprint density at radius 3 is 2.62 bits per heavy atom. The molecular weight excluding hydrogens is 276 g/mol. The van der Waals surface area contributed by atoms with Gasteiger partial charge in [-0.2, -0.15) is 0 Å². The highest BCUT2D eigenvalue weighted by Gasteiger charge is 2.16. The van der Waals surface area contributed by atoms with E-state index in [2.05, 4.69) is 60.8 Å². The summed E-state index contributed by atoms with van der Waals surface area (Å²) in [6, 6.07) is 12.5. The number of nitrogens with zero attached hydrogens (tertiary/aromatic N) is 2. The van der Waals surface area contributed by atoms with Gasteiger partial charge in [-0.25, -0.2) is 4.98 Å². The minimum atomic E-state index is 0.688. The van der Waals surface area contributed by atoms with E-state index in [4.69, 9.17) is 12.2 Å². The van der Waals surface area contributed by atoms with Crippen LogP contribution in [0.2, 0.25) is 0 Å². The molecule has 2 nitrogen and oxygen atoms in total. The largest absolute Gasteiger partial charge is 0.327 e. The summed E-state index contributed by atoms with van der Waals surface area (Å²) in [5, 5.41) is 0. The maximum atomic E-state index is 5.64. The summed E-state index contributed by atoms with van der Waals surface area (Å²) < 4.78 is 2.14. The molecule has 0 unspecified atom stereocenters. The topological polar surface area (TPSA) is 17.8 Å². The van der Waals surface area contributed by atoms with E-state index in [9.17, 15) is 0 Å². The maximum absolute atomic E-state index is 5.64. The summed E-state index contributed by atoms with van der Waals surface area (Å²) in [6.07, 6.45) is 2.05. The molecule has 0 atom stereocenters. The van der Waals surface area contributed by atoms with Crippen LogP contribution in [0, 0.1) is 20.8 Å². The van der Waals surface area contributed by atoms with Crippen molar-refractivity contribution >= 4 is 17.1 Å². The smallest absolute Gasteiger partial charge is 0.140 e. The van der Waals surface area contributed by atoms with Crippen LogP contribution in [0.5, 0.6) is 0 Å². The van der Waals surface area contributed by atoms with Crippen LogP contribution < -0.4 is 0 Å². The van der Waals surface area contributed by atoms with Crippen molar-refractivity contribution in [2.45, 2.75) is 27.3 Å². The van der Waals surface area contributed by atoms with Gasteiger partial charge >= 0.3 is 0 Å². The van der Waals surface area contributed by atoms with Crippen LogP contribution in [0.25, 0.3) is 11.4 Å². The predicted molar refractivity (Wildman–Crippen MR) is 91.2 cm³/mol. The lowest BCUT2D eigenvalue weighted by Crippen LogP contribution is -2.13. The Labute approximate surface area is 130 Å². The number of hydrogen-bond acceptors (Lipinski definition) is 2. The fourth-order valence-electron chi connectivity index (χ4n) is 2.65. The van der Waals surface area contributed by atoms with Gasteiger partial charge in [-0.15, -0.1) is 0 Å². The van der Waals surface area contributed by atoms with E-state index in [1.807, 2.05) is 12.1 Å².